The largest absolute Gasteiger partial charge is 0.468 e. The molecule has 4 rings (SSSR count). The van der Waals surface area contributed by atoms with E-state index in [1.165, 1.54) is 19.1 Å². The van der Waals surface area contributed by atoms with Crippen LogP contribution in [0.3, 0.4) is 0 Å². The number of para-hydroxylation sites is 1. The van der Waals surface area contributed by atoms with Crippen LogP contribution in [0.1, 0.15) is 18.1 Å². The van der Waals surface area contributed by atoms with Gasteiger partial charge in [-0.1, -0.05) is 78.9 Å². The Bertz CT molecular complexity index is 1230. The molecule has 0 saturated carbocycles. The number of benzene rings is 3. The highest BCUT2D eigenvalue weighted by Gasteiger charge is 2.46. The first kappa shape index (κ1) is 29.7. The maximum atomic E-state index is 13.9. The Labute approximate surface area is 232 Å². The number of hydrogen-bond donors (Lipinski definition) is 0. The molecule has 0 bridgehead atoms. The van der Waals surface area contributed by atoms with Crippen LogP contribution in [0.15, 0.2) is 96.0 Å². The third kappa shape index (κ3) is 9.13. The van der Waals surface area contributed by atoms with Gasteiger partial charge in [-0.2, -0.15) is 13.2 Å². The number of hydrogen-bond acceptors (Lipinski definition) is 7. The monoisotopic (exact) mass is 575 g/mol. The van der Waals surface area contributed by atoms with Crippen LogP contribution in [-0.2, 0) is 41.7 Å². The summed E-state index contributed by atoms with van der Waals surface area (Å²) in [6, 6.07) is 24.9. The Morgan fingerprint density at radius 1 is 0.875 bits per heavy atom. The molecule has 1 aliphatic heterocycles. The van der Waals surface area contributed by atoms with E-state index in [2.05, 4.69) is 4.99 Å². The maximum absolute atomic E-state index is 13.9. The zero-order valence-electron chi connectivity index (χ0n) is 21.6. The molecular formula is C29H29F3NO6P. The number of rotatable bonds is 10. The van der Waals surface area contributed by atoms with Crippen molar-refractivity contribution in [3.05, 3.63) is 102 Å². The van der Waals surface area contributed by atoms with Crippen LogP contribution in [-0.4, -0.2) is 48.7 Å². The number of aliphatic imine (C=N–C) groups is 1. The van der Waals surface area contributed by atoms with Gasteiger partial charge in [0.25, 0.3) is 5.90 Å². The van der Waals surface area contributed by atoms with Gasteiger partial charge in [0, 0.05) is 6.92 Å². The molecule has 3 aromatic carbocycles. The standard InChI is InChI=1S/C29H29F3NO6P/c1-20(34)37-25-24(19-35-17-21-11-5-2-6-12-21)38-28(40-26(25)36-18-22-13-7-3-8-14-22)39-27(29(30,31)32)33-23-15-9-4-10-16-23/h2-16,24-26,28,40H,17-19H2,1H3/b33-27+/t24?,25?,26-,28?/m1/s1. The minimum absolute atomic E-state index is 0.0754. The third-order valence-electron chi connectivity index (χ3n) is 5.68. The predicted octanol–water partition coefficient (Wildman–Crippen LogP) is 6.35. The van der Waals surface area contributed by atoms with Gasteiger partial charge in [-0.25, -0.2) is 4.99 Å². The number of nitrogens with zero attached hydrogens (tertiary/aromatic N) is 1. The van der Waals surface area contributed by atoms with Gasteiger partial charge >= 0.3 is 12.1 Å². The number of carbonyl (C=O) groups is 1. The van der Waals surface area contributed by atoms with Gasteiger partial charge in [-0.05, 0) is 31.8 Å². The van der Waals surface area contributed by atoms with Crippen LogP contribution in [0, 0.1) is 0 Å². The van der Waals surface area contributed by atoms with E-state index >= 15 is 0 Å². The molecule has 0 aliphatic carbocycles. The van der Waals surface area contributed by atoms with Gasteiger partial charge in [0.2, 0.25) is 6.03 Å². The van der Waals surface area contributed by atoms with E-state index in [9.17, 15) is 18.0 Å². The second-order valence-electron chi connectivity index (χ2n) is 8.83. The summed E-state index contributed by atoms with van der Waals surface area (Å²) >= 11 is 0. The van der Waals surface area contributed by atoms with Crippen LogP contribution in [0.2, 0.25) is 0 Å². The molecule has 0 amide bonds. The fourth-order valence-corrected chi connectivity index (χ4v) is 5.23. The lowest BCUT2D eigenvalue weighted by Gasteiger charge is -2.40. The van der Waals surface area contributed by atoms with Crippen LogP contribution < -0.4 is 0 Å². The van der Waals surface area contributed by atoms with Gasteiger partial charge in [-0.3, -0.25) is 4.79 Å². The van der Waals surface area contributed by atoms with E-state index in [0.29, 0.717) is 0 Å². The van der Waals surface area contributed by atoms with Crippen LogP contribution in [0.25, 0.3) is 0 Å². The van der Waals surface area contributed by atoms with Crippen LogP contribution in [0.4, 0.5) is 18.9 Å². The molecule has 1 saturated heterocycles. The van der Waals surface area contributed by atoms with E-state index in [1.54, 1.807) is 18.2 Å². The molecule has 11 heteroatoms. The summed E-state index contributed by atoms with van der Waals surface area (Å²) in [5.41, 5.74) is 1.81. The quantitative estimate of drug-likeness (QED) is 0.121. The van der Waals surface area contributed by atoms with Crippen molar-refractivity contribution < 1.29 is 41.7 Å². The number of alkyl halides is 3. The van der Waals surface area contributed by atoms with E-state index in [-0.39, 0.29) is 25.5 Å². The molecule has 40 heavy (non-hydrogen) atoms. The van der Waals surface area contributed by atoms with Crippen molar-refractivity contribution in [2.45, 2.75) is 50.4 Å². The van der Waals surface area contributed by atoms with Crippen molar-refractivity contribution in [1.29, 1.82) is 0 Å². The number of esters is 1. The fourth-order valence-electron chi connectivity index (χ4n) is 3.87. The summed E-state index contributed by atoms with van der Waals surface area (Å²) in [6.07, 6.45) is -6.78. The molecule has 0 N–H and O–H groups in total. The highest BCUT2D eigenvalue weighted by atomic mass is 31.1. The Balaban J connectivity index is 1.56. The number of ether oxygens (including phenoxy) is 5. The number of carbonyl (C=O) groups excluding carboxylic acids is 1. The van der Waals surface area contributed by atoms with Crippen molar-refractivity contribution >= 4 is 26.1 Å². The van der Waals surface area contributed by atoms with Crippen molar-refractivity contribution in [3.63, 3.8) is 0 Å². The van der Waals surface area contributed by atoms with E-state index in [1.807, 2.05) is 60.7 Å². The topological polar surface area (TPSA) is 75.6 Å². The first-order valence-electron chi connectivity index (χ1n) is 12.5. The van der Waals surface area contributed by atoms with Gasteiger partial charge in [-0.15, -0.1) is 0 Å². The second-order valence-corrected chi connectivity index (χ2v) is 10.2. The molecule has 1 fully saturated rings. The molecule has 0 radical (unpaired) electrons. The molecule has 0 spiro atoms. The van der Waals surface area contributed by atoms with E-state index < -0.39 is 50.7 Å². The lowest BCUT2D eigenvalue weighted by molar-refractivity contribution is -0.200. The summed E-state index contributed by atoms with van der Waals surface area (Å²) in [5.74, 6) is -2.85. The van der Waals surface area contributed by atoms with Gasteiger partial charge in [0.1, 0.15) is 11.9 Å². The molecule has 4 unspecified atom stereocenters. The molecule has 1 heterocycles. The fraction of sp³-hybridized carbons (Fsp3) is 0.310. The van der Waals surface area contributed by atoms with Gasteiger partial charge in [0.05, 0.1) is 25.5 Å². The summed E-state index contributed by atoms with van der Waals surface area (Å²) in [5, 5.41) is 0. The second kappa shape index (κ2) is 14.4. The SMILES string of the molecule is CC(=O)OC1C(COCc2ccccc2)OC(O/C(=N/c2ccccc2)C(F)(F)F)P[C@H]1OCc1ccccc1. The van der Waals surface area contributed by atoms with Crippen molar-refractivity contribution in [3.8, 4) is 0 Å². The highest BCUT2D eigenvalue weighted by Crippen LogP contribution is 2.41. The van der Waals surface area contributed by atoms with Gasteiger partial charge < -0.3 is 23.7 Å². The first-order chi connectivity index (χ1) is 19.3. The summed E-state index contributed by atoms with van der Waals surface area (Å²) in [6.45, 7) is 1.53. The molecule has 0 aromatic heterocycles. The average Bonchev–Trinajstić information content (AvgIpc) is 2.94. The Morgan fingerprint density at radius 2 is 1.45 bits per heavy atom. The lowest BCUT2D eigenvalue weighted by atomic mass is 10.2. The molecular weight excluding hydrogens is 546 g/mol. The van der Waals surface area contributed by atoms with Crippen molar-refractivity contribution in [2.24, 2.45) is 4.99 Å². The van der Waals surface area contributed by atoms with Crippen LogP contribution >= 0.6 is 8.58 Å². The molecule has 5 atom stereocenters. The first-order valence-corrected chi connectivity index (χ1v) is 13.7. The van der Waals surface area contributed by atoms with Crippen molar-refractivity contribution in [2.75, 3.05) is 6.61 Å². The predicted molar refractivity (Wildman–Crippen MR) is 144 cm³/mol. The molecule has 212 valence electrons. The average molecular weight is 576 g/mol. The minimum Gasteiger partial charge on any atom is -0.457 e. The van der Waals surface area contributed by atoms with E-state index in [0.717, 1.165) is 11.1 Å². The normalized spacial score (nSPS) is 22.1. The Morgan fingerprint density at radius 3 is 2.02 bits per heavy atom. The molecule has 3 aromatic rings. The minimum atomic E-state index is -4.88. The molecule has 1 aliphatic rings. The maximum Gasteiger partial charge on any atom is 0.468 e. The third-order valence-corrected chi connectivity index (χ3v) is 7.03. The Kier molecular flexibility index (Phi) is 10.7. The van der Waals surface area contributed by atoms with Crippen LogP contribution in [0.5, 0.6) is 0 Å². The lowest BCUT2D eigenvalue weighted by Crippen LogP contribution is -2.50. The summed E-state index contributed by atoms with van der Waals surface area (Å²) < 4.78 is 70.5. The van der Waals surface area contributed by atoms with Gasteiger partial charge in [0.15, 0.2) is 6.10 Å². The van der Waals surface area contributed by atoms with Crippen molar-refractivity contribution in [1.82, 2.24) is 0 Å². The van der Waals surface area contributed by atoms with E-state index in [4.69, 9.17) is 23.7 Å². The zero-order chi connectivity index (χ0) is 28.4. The Hall–Kier alpha value is -3.30. The summed E-state index contributed by atoms with van der Waals surface area (Å²) in [7, 11) is -0.468. The highest BCUT2D eigenvalue weighted by molar-refractivity contribution is 7.39. The number of halogens is 3. The summed E-state index contributed by atoms with van der Waals surface area (Å²) in [4.78, 5) is 15.7. The molecule has 7 nitrogen and oxygen atoms in total. The zero-order valence-corrected chi connectivity index (χ0v) is 22.6. The smallest absolute Gasteiger partial charge is 0.457 e.